The number of rotatable bonds is 7. The third kappa shape index (κ3) is 4.36. The smallest absolute Gasteiger partial charge is 0.248 e. The number of nitrogens with zero attached hydrogens (tertiary/aromatic N) is 5. The number of benzene rings is 1. The van der Waals surface area contributed by atoms with Gasteiger partial charge in [-0.05, 0) is 26.9 Å². The van der Waals surface area contributed by atoms with Crippen LogP contribution in [0, 0.1) is 6.92 Å². The Morgan fingerprint density at radius 1 is 1.11 bits per heavy atom. The van der Waals surface area contributed by atoms with Crippen molar-refractivity contribution >= 4 is 34.3 Å². The number of likely N-dealkylation sites (N-methyl/N-ethyl adjacent to an activating group) is 1. The minimum atomic E-state index is 0. The van der Waals surface area contributed by atoms with Crippen LogP contribution in [0.2, 0.25) is 0 Å². The molecular weight excluding hydrogens is 418 g/mol. The zero-order chi connectivity index (χ0) is 19.4. The summed E-state index contributed by atoms with van der Waals surface area (Å²) in [6, 6.07) is 10.1. The Hall–Kier alpha value is -1.99. The normalized spacial score (nSPS) is 13.8. The Balaban J connectivity index is 0.00000280. The van der Waals surface area contributed by atoms with Crippen molar-refractivity contribution in [3.05, 3.63) is 47.3 Å². The van der Waals surface area contributed by atoms with Crippen molar-refractivity contribution in [2.24, 2.45) is 4.99 Å². The summed E-state index contributed by atoms with van der Waals surface area (Å²) in [7, 11) is 0. The molecule has 0 atom stereocenters. The summed E-state index contributed by atoms with van der Waals surface area (Å²) in [5.74, 6) is 0.0353. The number of aryl methyl sites for hydroxylation is 2. The lowest BCUT2D eigenvalue weighted by Gasteiger charge is -2.25. The molecule has 152 valence electrons. The first-order valence-electron chi connectivity index (χ1n) is 9.81. The maximum Gasteiger partial charge on any atom is 0.248 e. The summed E-state index contributed by atoms with van der Waals surface area (Å²) >= 11 is 0. The van der Waals surface area contributed by atoms with Crippen molar-refractivity contribution in [2.45, 2.75) is 34.2 Å². The minimum absolute atomic E-state index is 0. The van der Waals surface area contributed by atoms with Gasteiger partial charge < -0.3 is 9.80 Å². The lowest BCUT2D eigenvalue weighted by Crippen LogP contribution is -2.40. The van der Waals surface area contributed by atoms with E-state index in [1.165, 1.54) is 0 Å². The topological polar surface area (TPSA) is 53.7 Å². The standard InChI is InChI=1S/C21H29N5O.BrH/c1-5-24(6-2)13-14-25-18(27)15-22-19(17-11-9-8-10-12-17)21-20(25)16(4)23-26(21)7-3;/h8-12H,5-7,13-15H2,1-4H3;1H. The predicted octanol–water partition coefficient (Wildman–Crippen LogP) is 3.32. The van der Waals surface area contributed by atoms with Crippen LogP contribution in [-0.2, 0) is 11.3 Å². The summed E-state index contributed by atoms with van der Waals surface area (Å²) in [4.78, 5) is 21.9. The molecule has 1 amide bonds. The number of halogens is 1. The van der Waals surface area contributed by atoms with Gasteiger partial charge in [0.1, 0.15) is 12.2 Å². The molecule has 7 heteroatoms. The summed E-state index contributed by atoms with van der Waals surface area (Å²) in [5.41, 5.74) is 4.62. The van der Waals surface area contributed by atoms with Gasteiger partial charge in [0, 0.05) is 25.2 Å². The third-order valence-corrected chi connectivity index (χ3v) is 5.14. The van der Waals surface area contributed by atoms with Crippen LogP contribution in [0.4, 0.5) is 5.69 Å². The van der Waals surface area contributed by atoms with E-state index in [1.807, 2.05) is 46.8 Å². The van der Waals surface area contributed by atoms with Gasteiger partial charge in [-0.1, -0.05) is 44.2 Å². The molecule has 1 aliphatic rings. The molecule has 1 aliphatic heterocycles. The molecule has 0 bridgehead atoms. The van der Waals surface area contributed by atoms with Gasteiger partial charge in [0.25, 0.3) is 0 Å². The molecule has 1 aromatic carbocycles. The van der Waals surface area contributed by atoms with Crippen molar-refractivity contribution < 1.29 is 4.79 Å². The zero-order valence-corrected chi connectivity index (χ0v) is 18.9. The number of carbonyl (C=O) groups excluding carboxylic acids is 1. The second kappa shape index (κ2) is 9.98. The predicted molar refractivity (Wildman–Crippen MR) is 120 cm³/mol. The maximum absolute atomic E-state index is 13.0. The van der Waals surface area contributed by atoms with Crippen LogP contribution in [0.5, 0.6) is 0 Å². The van der Waals surface area contributed by atoms with E-state index in [0.717, 1.165) is 54.5 Å². The number of aromatic nitrogens is 2. The molecule has 0 fully saturated rings. The summed E-state index contributed by atoms with van der Waals surface area (Å²) < 4.78 is 1.97. The largest absolute Gasteiger partial charge is 0.306 e. The first-order valence-corrected chi connectivity index (χ1v) is 9.81. The van der Waals surface area contributed by atoms with Crippen LogP contribution in [0.25, 0.3) is 0 Å². The molecule has 2 heterocycles. The number of hydrogen-bond acceptors (Lipinski definition) is 4. The molecule has 0 unspecified atom stereocenters. The molecule has 0 N–H and O–H groups in total. The van der Waals surface area contributed by atoms with Crippen LogP contribution in [-0.4, -0.2) is 59.0 Å². The fraction of sp³-hybridized carbons (Fsp3) is 0.476. The van der Waals surface area contributed by atoms with Gasteiger partial charge in [-0.25, -0.2) is 0 Å². The number of aliphatic imine (C=N–C) groups is 1. The highest BCUT2D eigenvalue weighted by molar-refractivity contribution is 8.93. The maximum atomic E-state index is 13.0. The Bertz CT molecular complexity index is 827. The Morgan fingerprint density at radius 3 is 2.39 bits per heavy atom. The molecule has 0 aliphatic carbocycles. The van der Waals surface area contributed by atoms with Crippen molar-refractivity contribution in [1.82, 2.24) is 14.7 Å². The van der Waals surface area contributed by atoms with Gasteiger partial charge in [0.2, 0.25) is 5.91 Å². The Labute approximate surface area is 178 Å². The highest BCUT2D eigenvalue weighted by Crippen LogP contribution is 2.30. The highest BCUT2D eigenvalue weighted by atomic mass is 79.9. The van der Waals surface area contributed by atoms with Gasteiger partial charge in [0.15, 0.2) is 0 Å². The molecule has 0 saturated carbocycles. The van der Waals surface area contributed by atoms with Crippen LogP contribution < -0.4 is 4.90 Å². The van der Waals surface area contributed by atoms with E-state index in [4.69, 9.17) is 10.1 Å². The molecule has 3 rings (SSSR count). The molecule has 0 spiro atoms. The number of carbonyl (C=O) groups is 1. The summed E-state index contributed by atoms with van der Waals surface area (Å²) in [6.45, 7) is 12.7. The van der Waals surface area contributed by atoms with Crippen LogP contribution >= 0.6 is 17.0 Å². The second-order valence-electron chi connectivity index (χ2n) is 6.70. The lowest BCUT2D eigenvalue weighted by molar-refractivity contribution is -0.117. The van der Waals surface area contributed by atoms with Crippen molar-refractivity contribution in [3.63, 3.8) is 0 Å². The van der Waals surface area contributed by atoms with Gasteiger partial charge in [-0.15, -0.1) is 17.0 Å². The average molecular weight is 448 g/mol. The first-order chi connectivity index (χ1) is 13.1. The second-order valence-corrected chi connectivity index (χ2v) is 6.70. The van der Waals surface area contributed by atoms with E-state index in [0.29, 0.717) is 6.54 Å². The number of fused-ring (bicyclic) bond motifs is 1. The van der Waals surface area contributed by atoms with Gasteiger partial charge in [0.05, 0.1) is 17.1 Å². The van der Waals surface area contributed by atoms with Crippen LogP contribution in [0.1, 0.15) is 37.7 Å². The third-order valence-electron chi connectivity index (χ3n) is 5.14. The molecule has 0 radical (unpaired) electrons. The molecule has 1 aromatic heterocycles. The van der Waals surface area contributed by atoms with E-state index in [-0.39, 0.29) is 29.4 Å². The first kappa shape index (κ1) is 22.3. The molecule has 28 heavy (non-hydrogen) atoms. The SMILES string of the molecule is Br.CCN(CC)CCN1C(=O)CN=C(c2ccccc2)c2c1c(C)nn2CC. The average Bonchev–Trinajstić information content (AvgIpc) is 2.94. The number of amides is 1. The van der Waals surface area contributed by atoms with Crippen molar-refractivity contribution in [1.29, 1.82) is 0 Å². The van der Waals surface area contributed by atoms with E-state index >= 15 is 0 Å². The van der Waals surface area contributed by atoms with Crippen molar-refractivity contribution in [2.75, 3.05) is 37.6 Å². The van der Waals surface area contributed by atoms with Crippen LogP contribution in [0.3, 0.4) is 0 Å². The van der Waals surface area contributed by atoms with E-state index in [1.54, 1.807) is 0 Å². The van der Waals surface area contributed by atoms with Crippen LogP contribution in [0.15, 0.2) is 35.3 Å². The van der Waals surface area contributed by atoms with Gasteiger partial charge in [-0.2, -0.15) is 5.10 Å². The summed E-state index contributed by atoms with van der Waals surface area (Å²) in [5, 5.41) is 4.71. The molecule has 2 aromatic rings. The monoisotopic (exact) mass is 447 g/mol. The highest BCUT2D eigenvalue weighted by Gasteiger charge is 2.31. The zero-order valence-electron chi connectivity index (χ0n) is 17.2. The number of hydrogen-bond donors (Lipinski definition) is 0. The van der Waals surface area contributed by atoms with Gasteiger partial charge >= 0.3 is 0 Å². The summed E-state index contributed by atoms with van der Waals surface area (Å²) in [6.07, 6.45) is 0. The van der Waals surface area contributed by atoms with Crippen molar-refractivity contribution in [3.8, 4) is 0 Å². The van der Waals surface area contributed by atoms with Gasteiger partial charge in [-0.3, -0.25) is 14.5 Å². The molecule has 6 nitrogen and oxygen atoms in total. The molecular formula is C21H30BrN5O. The Morgan fingerprint density at radius 2 is 1.79 bits per heavy atom. The quantitative estimate of drug-likeness (QED) is 0.653. The minimum Gasteiger partial charge on any atom is -0.306 e. The number of anilines is 1. The van der Waals surface area contributed by atoms with E-state index < -0.39 is 0 Å². The Kier molecular flexibility index (Phi) is 7.95. The fourth-order valence-corrected chi connectivity index (χ4v) is 3.63. The lowest BCUT2D eigenvalue weighted by atomic mass is 10.1. The van der Waals surface area contributed by atoms with E-state index in [2.05, 4.69) is 25.7 Å². The fourth-order valence-electron chi connectivity index (χ4n) is 3.63. The van der Waals surface area contributed by atoms with E-state index in [9.17, 15) is 4.79 Å². The molecule has 0 saturated heterocycles.